The SMILES string of the molecule is Cc1cc(C)cc(C(=O)Nc2cc(-c3ccco3)nn2-c2nc(-c3ccccc3)cc(=O)[nH]2)c1. The summed E-state index contributed by atoms with van der Waals surface area (Å²) in [5.41, 5.74) is 3.89. The summed E-state index contributed by atoms with van der Waals surface area (Å²) in [5, 5.41) is 7.45. The molecule has 0 atom stereocenters. The first-order chi connectivity index (χ1) is 16.5. The molecule has 0 unspecified atom stereocenters. The summed E-state index contributed by atoms with van der Waals surface area (Å²) in [6.07, 6.45) is 1.54. The molecule has 0 spiro atoms. The fraction of sp³-hybridized carbons (Fsp3) is 0.0769. The van der Waals surface area contributed by atoms with Crippen molar-refractivity contribution in [3.05, 3.63) is 106 Å². The molecule has 2 aromatic carbocycles. The highest BCUT2D eigenvalue weighted by Gasteiger charge is 2.18. The molecule has 5 rings (SSSR count). The van der Waals surface area contributed by atoms with E-state index in [2.05, 4.69) is 20.4 Å². The van der Waals surface area contributed by atoms with Crippen LogP contribution in [0, 0.1) is 13.8 Å². The van der Waals surface area contributed by atoms with E-state index in [0.29, 0.717) is 28.5 Å². The van der Waals surface area contributed by atoms with Crippen LogP contribution in [0.4, 0.5) is 5.82 Å². The molecule has 168 valence electrons. The van der Waals surface area contributed by atoms with Gasteiger partial charge in [-0.25, -0.2) is 4.98 Å². The Hall–Kier alpha value is -4.72. The van der Waals surface area contributed by atoms with Crippen LogP contribution >= 0.6 is 0 Å². The predicted octanol–water partition coefficient (Wildman–Crippen LogP) is 4.75. The Balaban J connectivity index is 1.60. The molecule has 0 radical (unpaired) electrons. The number of aromatic amines is 1. The van der Waals surface area contributed by atoms with Crippen molar-refractivity contribution in [1.29, 1.82) is 0 Å². The van der Waals surface area contributed by atoms with Crippen molar-refractivity contribution in [2.24, 2.45) is 0 Å². The number of carbonyl (C=O) groups excluding carboxylic acids is 1. The van der Waals surface area contributed by atoms with Gasteiger partial charge in [-0.2, -0.15) is 9.78 Å². The van der Waals surface area contributed by atoms with E-state index in [1.165, 1.54) is 17.0 Å². The predicted molar refractivity (Wildman–Crippen MR) is 129 cm³/mol. The molecule has 3 heterocycles. The standard InChI is InChI=1S/C26H21N5O3/c1-16-11-17(2)13-19(12-16)25(33)28-23-14-21(22-9-6-10-34-22)30-31(23)26-27-20(15-24(32)29-26)18-7-4-3-5-8-18/h3-15H,1-2H3,(H,28,33)(H,27,29,32). The Morgan fingerprint density at radius 1 is 0.941 bits per heavy atom. The maximum atomic E-state index is 13.1. The zero-order valence-electron chi connectivity index (χ0n) is 18.6. The third-order valence-corrected chi connectivity index (χ3v) is 5.21. The van der Waals surface area contributed by atoms with E-state index < -0.39 is 0 Å². The van der Waals surface area contributed by atoms with Crippen LogP contribution in [0.1, 0.15) is 21.5 Å². The zero-order valence-corrected chi connectivity index (χ0v) is 18.6. The van der Waals surface area contributed by atoms with Crippen molar-refractivity contribution in [3.63, 3.8) is 0 Å². The number of rotatable bonds is 5. The number of nitrogens with one attached hydrogen (secondary N) is 2. The zero-order chi connectivity index (χ0) is 23.7. The van der Waals surface area contributed by atoms with Gasteiger partial charge in [0.25, 0.3) is 11.5 Å². The molecule has 0 bridgehead atoms. The highest BCUT2D eigenvalue weighted by Crippen LogP contribution is 2.25. The second kappa shape index (κ2) is 8.67. The topological polar surface area (TPSA) is 106 Å². The molecule has 0 aliphatic heterocycles. The molecule has 0 fully saturated rings. The van der Waals surface area contributed by atoms with Gasteiger partial charge in [0, 0.05) is 23.3 Å². The Morgan fingerprint density at radius 3 is 2.41 bits per heavy atom. The summed E-state index contributed by atoms with van der Waals surface area (Å²) >= 11 is 0. The Morgan fingerprint density at radius 2 is 1.71 bits per heavy atom. The van der Waals surface area contributed by atoms with Crippen molar-refractivity contribution < 1.29 is 9.21 Å². The average Bonchev–Trinajstić information content (AvgIpc) is 3.49. The summed E-state index contributed by atoms with van der Waals surface area (Å²) in [6, 6.07) is 21.6. The largest absolute Gasteiger partial charge is 0.463 e. The lowest BCUT2D eigenvalue weighted by atomic mass is 10.1. The van der Waals surface area contributed by atoms with Crippen LogP contribution in [-0.4, -0.2) is 25.7 Å². The Kier molecular flexibility index (Phi) is 5.39. The van der Waals surface area contributed by atoms with Crippen LogP contribution in [0.3, 0.4) is 0 Å². The van der Waals surface area contributed by atoms with E-state index in [9.17, 15) is 9.59 Å². The van der Waals surface area contributed by atoms with Gasteiger partial charge in [0.1, 0.15) is 11.5 Å². The van der Waals surface area contributed by atoms with Crippen molar-refractivity contribution in [3.8, 4) is 28.7 Å². The number of H-pyrrole nitrogens is 1. The van der Waals surface area contributed by atoms with Gasteiger partial charge in [0.05, 0.1) is 12.0 Å². The monoisotopic (exact) mass is 451 g/mol. The van der Waals surface area contributed by atoms with Crippen LogP contribution in [0.2, 0.25) is 0 Å². The minimum absolute atomic E-state index is 0.167. The van der Waals surface area contributed by atoms with Gasteiger partial charge in [-0.15, -0.1) is 0 Å². The minimum Gasteiger partial charge on any atom is -0.463 e. The van der Waals surface area contributed by atoms with E-state index in [4.69, 9.17) is 4.42 Å². The lowest BCUT2D eigenvalue weighted by molar-refractivity contribution is 0.102. The lowest BCUT2D eigenvalue weighted by Gasteiger charge is -2.10. The van der Waals surface area contributed by atoms with Gasteiger partial charge in [0.15, 0.2) is 5.76 Å². The van der Waals surface area contributed by atoms with Crippen molar-refractivity contribution >= 4 is 11.7 Å². The van der Waals surface area contributed by atoms with Gasteiger partial charge in [-0.05, 0) is 38.1 Å². The Bertz CT molecular complexity index is 1510. The summed E-state index contributed by atoms with van der Waals surface area (Å²) < 4.78 is 6.88. The fourth-order valence-electron chi connectivity index (χ4n) is 3.77. The summed E-state index contributed by atoms with van der Waals surface area (Å²) in [7, 11) is 0. The maximum Gasteiger partial charge on any atom is 0.256 e. The second-order valence-corrected chi connectivity index (χ2v) is 7.95. The second-order valence-electron chi connectivity index (χ2n) is 7.95. The molecule has 0 saturated carbocycles. The van der Waals surface area contributed by atoms with Crippen LogP contribution in [0.5, 0.6) is 0 Å². The van der Waals surface area contributed by atoms with E-state index in [-0.39, 0.29) is 17.4 Å². The quantitative estimate of drug-likeness (QED) is 0.401. The van der Waals surface area contributed by atoms with Crippen LogP contribution in [0.25, 0.3) is 28.7 Å². The highest BCUT2D eigenvalue weighted by atomic mass is 16.3. The normalized spacial score (nSPS) is 10.9. The van der Waals surface area contributed by atoms with E-state index in [1.54, 1.807) is 18.2 Å². The third-order valence-electron chi connectivity index (χ3n) is 5.21. The van der Waals surface area contributed by atoms with Crippen molar-refractivity contribution in [1.82, 2.24) is 19.7 Å². The smallest absolute Gasteiger partial charge is 0.256 e. The average molecular weight is 451 g/mol. The number of benzene rings is 2. The summed E-state index contributed by atoms with van der Waals surface area (Å²) in [6.45, 7) is 3.87. The van der Waals surface area contributed by atoms with Crippen molar-refractivity contribution in [2.45, 2.75) is 13.8 Å². The number of nitrogens with zero attached hydrogens (tertiary/aromatic N) is 3. The Labute approximate surface area is 194 Å². The molecule has 8 heteroatoms. The molecular formula is C26H21N5O3. The molecule has 0 saturated heterocycles. The molecule has 0 aliphatic rings. The lowest BCUT2D eigenvalue weighted by Crippen LogP contribution is -2.19. The fourth-order valence-corrected chi connectivity index (χ4v) is 3.77. The molecule has 0 aliphatic carbocycles. The molecule has 34 heavy (non-hydrogen) atoms. The van der Waals surface area contributed by atoms with E-state index in [1.807, 2.05) is 62.4 Å². The molecule has 2 N–H and O–H groups in total. The number of amides is 1. The minimum atomic E-state index is -0.342. The van der Waals surface area contributed by atoms with Gasteiger partial charge in [-0.3, -0.25) is 14.6 Å². The molecular weight excluding hydrogens is 430 g/mol. The van der Waals surface area contributed by atoms with E-state index in [0.717, 1.165) is 16.7 Å². The molecule has 8 nitrogen and oxygen atoms in total. The number of furan rings is 1. The summed E-state index contributed by atoms with van der Waals surface area (Å²) in [5.74, 6) is 0.714. The molecule has 3 aromatic heterocycles. The number of hydrogen-bond donors (Lipinski definition) is 2. The molecule has 1 amide bonds. The number of aromatic nitrogens is 4. The maximum absolute atomic E-state index is 13.1. The van der Waals surface area contributed by atoms with Crippen LogP contribution in [0.15, 0.2) is 88.3 Å². The van der Waals surface area contributed by atoms with Gasteiger partial charge in [-0.1, -0.05) is 47.5 Å². The first-order valence-electron chi connectivity index (χ1n) is 10.7. The molecule has 5 aromatic rings. The van der Waals surface area contributed by atoms with Crippen LogP contribution < -0.4 is 10.9 Å². The van der Waals surface area contributed by atoms with Gasteiger partial charge < -0.3 is 9.73 Å². The van der Waals surface area contributed by atoms with Gasteiger partial charge in [0.2, 0.25) is 5.95 Å². The van der Waals surface area contributed by atoms with E-state index >= 15 is 0 Å². The van der Waals surface area contributed by atoms with Gasteiger partial charge >= 0.3 is 0 Å². The third kappa shape index (κ3) is 4.29. The highest BCUT2D eigenvalue weighted by molar-refractivity contribution is 6.04. The number of carbonyl (C=O) groups is 1. The number of aryl methyl sites for hydroxylation is 2. The van der Waals surface area contributed by atoms with Crippen LogP contribution in [-0.2, 0) is 0 Å². The first kappa shape index (κ1) is 21.1. The number of anilines is 1. The summed E-state index contributed by atoms with van der Waals surface area (Å²) in [4.78, 5) is 32.9. The van der Waals surface area contributed by atoms with Crippen molar-refractivity contribution in [2.75, 3.05) is 5.32 Å². The first-order valence-corrected chi connectivity index (χ1v) is 10.7. The number of hydrogen-bond acceptors (Lipinski definition) is 5.